The molecule has 9 heteroatoms. The van der Waals surface area contributed by atoms with Crippen molar-refractivity contribution in [3.8, 4) is 0 Å². The fraction of sp³-hybridized carbons (Fsp3) is 0.312. The van der Waals surface area contributed by atoms with E-state index in [0.717, 1.165) is 22.9 Å². The molecular weight excluding hydrogens is 320 g/mol. The molecule has 0 spiro atoms. The second-order valence-electron chi connectivity index (χ2n) is 5.90. The lowest BCUT2D eigenvalue weighted by atomic mass is 10.00. The summed E-state index contributed by atoms with van der Waals surface area (Å²) in [7, 11) is 1.78. The van der Waals surface area contributed by atoms with Crippen LogP contribution in [0.25, 0.3) is 0 Å². The number of aromatic nitrogens is 6. The third-order valence-corrected chi connectivity index (χ3v) is 4.35. The summed E-state index contributed by atoms with van der Waals surface area (Å²) in [6.45, 7) is 2.38. The summed E-state index contributed by atoms with van der Waals surface area (Å²) in [6, 6.07) is 5.04. The molecule has 0 saturated heterocycles. The van der Waals surface area contributed by atoms with Gasteiger partial charge in [0.2, 0.25) is 5.95 Å². The number of aromatic amines is 1. The van der Waals surface area contributed by atoms with Crippen molar-refractivity contribution in [3.05, 3.63) is 53.6 Å². The van der Waals surface area contributed by atoms with E-state index >= 15 is 0 Å². The molecule has 0 bridgehead atoms. The fourth-order valence-corrected chi connectivity index (χ4v) is 3.02. The third kappa shape index (κ3) is 2.73. The molecule has 4 rings (SSSR count). The minimum Gasteiger partial charge on any atom is -0.348 e. The summed E-state index contributed by atoms with van der Waals surface area (Å²) < 4.78 is 1.62. The lowest BCUT2D eigenvalue weighted by Crippen LogP contribution is -2.43. The highest BCUT2D eigenvalue weighted by atomic mass is 16.2. The van der Waals surface area contributed by atoms with Crippen LogP contribution in [0.1, 0.15) is 28.9 Å². The van der Waals surface area contributed by atoms with Crippen LogP contribution in [-0.4, -0.2) is 47.2 Å². The van der Waals surface area contributed by atoms with Crippen molar-refractivity contribution in [1.29, 1.82) is 0 Å². The van der Waals surface area contributed by atoms with E-state index in [2.05, 4.69) is 30.4 Å². The molecule has 9 nitrogen and oxygen atoms in total. The van der Waals surface area contributed by atoms with Crippen LogP contribution in [0.15, 0.2) is 30.7 Å². The Hall–Kier alpha value is -3.23. The van der Waals surface area contributed by atoms with Crippen LogP contribution in [0.3, 0.4) is 0 Å². The van der Waals surface area contributed by atoms with Gasteiger partial charge in [0.05, 0.1) is 17.7 Å². The molecule has 1 unspecified atom stereocenters. The van der Waals surface area contributed by atoms with Crippen LogP contribution in [0.2, 0.25) is 0 Å². The maximum absolute atomic E-state index is 12.9. The second-order valence-corrected chi connectivity index (χ2v) is 5.90. The number of pyridine rings is 1. The fourth-order valence-electron chi connectivity index (χ4n) is 3.02. The molecule has 1 aliphatic heterocycles. The molecule has 4 heterocycles. The van der Waals surface area contributed by atoms with Crippen molar-refractivity contribution in [2.45, 2.75) is 19.4 Å². The number of aryl methyl sites for hydroxylation is 2. The number of amides is 2. The molecule has 128 valence electrons. The number of hydrogen-bond acceptors (Lipinski definition) is 5. The Morgan fingerprint density at radius 2 is 2.24 bits per heavy atom. The van der Waals surface area contributed by atoms with Crippen molar-refractivity contribution in [1.82, 2.24) is 34.6 Å². The lowest BCUT2D eigenvalue weighted by molar-refractivity contribution is 0.191. The summed E-state index contributed by atoms with van der Waals surface area (Å²) in [6.07, 6.45) is 4.09. The normalized spacial score (nSPS) is 16.6. The topological polar surface area (TPSA) is 105 Å². The third-order valence-electron chi connectivity index (χ3n) is 4.35. The van der Waals surface area contributed by atoms with Gasteiger partial charge in [-0.1, -0.05) is 6.07 Å². The van der Waals surface area contributed by atoms with Gasteiger partial charge in [0.25, 0.3) is 0 Å². The zero-order chi connectivity index (χ0) is 17.4. The van der Waals surface area contributed by atoms with E-state index in [1.807, 2.05) is 25.1 Å². The molecular formula is C16H18N8O. The summed E-state index contributed by atoms with van der Waals surface area (Å²) in [5.74, 6) is 1.02. The van der Waals surface area contributed by atoms with E-state index in [1.54, 1.807) is 29.2 Å². The molecule has 1 aliphatic rings. The number of hydrogen-bond donors (Lipinski definition) is 2. The molecule has 3 aromatic heterocycles. The van der Waals surface area contributed by atoms with E-state index in [9.17, 15) is 4.79 Å². The average Bonchev–Trinajstić information content (AvgIpc) is 3.21. The molecule has 1 atom stereocenters. The average molecular weight is 338 g/mol. The Bertz CT molecular complexity index is 881. The number of imidazole rings is 1. The molecule has 3 aromatic rings. The van der Waals surface area contributed by atoms with E-state index in [4.69, 9.17) is 0 Å². The quantitative estimate of drug-likeness (QED) is 0.735. The van der Waals surface area contributed by atoms with Crippen LogP contribution in [0.5, 0.6) is 0 Å². The molecule has 0 aromatic carbocycles. The molecule has 0 radical (unpaired) electrons. The first-order valence-electron chi connectivity index (χ1n) is 8.02. The number of urea groups is 1. The van der Waals surface area contributed by atoms with Crippen LogP contribution >= 0.6 is 0 Å². The number of fused-ring (bicyclic) bond motifs is 1. The Kier molecular flexibility index (Phi) is 3.68. The zero-order valence-electron chi connectivity index (χ0n) is 14.0. The van der Waals surface area contributed by atoms with E-state index in [1.165, 1.54) is 0 Å². The maximum Gasteiger partial charge on any atom is 0.325 e. The van der Waals surface area contributed by atoms with E-state index < -0.39 is 0 Å². The molecule has 0 fully saturated rings. The lowest BCUT2D eigenvalue weighted by Gasteiger charge is -2.34. The first-order valence-corrected chi connectivity index (χ1v) is 8.02. The number of nitrogens with one attached hydrogen (secondary N) is 2. The van der Waals surface area contributed by atoms with Crippen molar-refractivity contribution < 1.29 is 4.79 Å². The van der Waals surface area contributed by atoms with Gasteiger partial charge in [-0.25, -0.2) is 9.78 Å². The predicted molar refractivity (Wildman–Crippen MR) is 89.8 cm³/mol. The van der Waals surface area contributed by atoms with Crippen LogP contribution < -0.4 is 5.32 Å². The van der Waals surface area contributed by atoms with Crippen LogP contribution in [-0.2, 0) is 13.5 Å². The smallest absolute Gasteiger partial charge is 0.325 e. The van der Waals surface area contributed by atoms with Gasteiger partial charge in [-0.2, -0.15) is 4.98 Å². The SMILES string of the molecule is Cc1nc(NC(=O)N2CCc3[nH]cnc3C2c2ccccn2)nn1C. The van der Waals surface area contributed by atoms with Gasteiger partial charge >= 0.3 is 6.03 Å². The summed E-state index contributed by atoms with van der Waals surface area (Å²) >= 11 is 0. The molecule has 2 amide bonds. The van der Waals surface area contributed by atoms with Crippen molar-refractivity contribution >= 4 is 12.0 Å². The summed E-state index contributed by atoms with van der Waals surface area (Å²) in [5.41, 5.74) is 2.63. The standard InChI is InChI=1S/C16H18N8O/c1-10-20-15(22-23(10)2)21-16(25)24-8-6-11-13(19-9-18-11)14(24)12-5-3-4-7-17-12/h3-5,7,9,14H,6,8H2,1-2H3,(H,18,19)(H,21,22,25). The molecule has 25 heavy (non-hydrogen) atoms. The number of H-pyrrole nitrogens is 1. The van der Waals surface area contributed by atoms with Gasteiger partial charge in [0.15, 0.2) is 0 Å². The highest BCUT2D eigenvalue weighted by Crippen LogP contribution is 2.32. The zero-order valence-corrected chi connectivity index (χ0v) is 14.0. The van der Waals surface area contributed by atoms with Gasteiger partial charge < -0.3 is 9.88 Å². The van der Waals surface area contributed by atoms with E-state index in [-0.39, 0.29) is 18.0 Å². The molecule has 0 aliphatic carbocycles. The number of nitrogens with zero attached hydrogens (tertiary/aromatic N) is 6. The van der Waals surface area contributed by atoms with Gasteiger partial charge in [-0.05, 0) is 19.1 Å². The van der Waals surface area contributed by atoms with Crippen molar-refractivity contribution in [2.75, 3.05) is 11.9 Å². The maximum atomic E-state index is 12.9. The number of anilines is 1. The Labute approximate surface area is 144 Å². The predicted octanol–water partition coefficient (Wildman–Crippen LogP) is 1.42. The summed E-state index contributed by atoms with van der Waals surface area (Å²) in [5, 5.41) is 6.96. The minimum atomic E-state index is -0.346. The highest BCUT2D eigenvalue weighted by molar-refractivity contribution is 5.88. The number of carbonyl (C=O) groups excluding carboxylic acids is 1. The number of rotatable bonds is 2. The molecule has 0 saturated carbocycles. The van der Waals surface area contributed by atoms with Crippen LogP contribution in [0, 0.1) is 6.92 Å². The van der Waals surface area contributed by atoms with Gasteiger partial charge in [-0.3, -0.25) is 15.0 Å². The first-order chi connectivity index (χ1) is 12.1. The summed E-state index contributed by atoms with van der Waals surface area (Å²) in [4.78, 5) is 30.8. The van der Waals surface area contributed by atoms with Gasteiger partial charge in [0.1, 0.15) is 11.9 Å². The number of carbonyl (C=O) groups is 1. The highest BCUT2D eigenvalue weighted by Gasteiger charge is 2.35. The van der Waals surface area contributed by atoms with Crippen molar-refractivity contribution in [3.63, 3.8) is 0 Å². The van der Waals surface area contributed by atoms with Gasteiger partial charge in [0, 0.05) is 31.9 Å². The van der Waals surface area contributed by atoms with Crippen molar-refractivity contribution in [2.24, 2.45) is 7.05 Å². The molecule has 2 N–H and O–H groups in total. The minimum absolute atomic E-state index is 0.269. The van der Waals surface area contributed by atoms with E-state index in [0.29, 0.717) is 13.0 Å². The first kappa shape index (κ1) is 15.3. The van der Waals surface area contributed by atoms with Gasteiger partial charge in [-0.15, -0.1) is 5.10 Å². The Balaban J connectivity index is 1.66. The van der Waals surface area contributed by atoms with Crippen LogP contribution in [0.4, 0.5) is 10.7 Å². The Morgan fingerprint density at radius 3 is 2.96 bits per heavy atom. The largest absolute Gasteiger partial charge is 0.348 e. The monoisotopic (exact) mass is 338 g/mol. The Morgan fingerprint density at radius 1 is 1.36 bits per heavy atom. The second kappa shape index (κ2) is 6.00.